The molecule has 0 aliphatic carbocycles. The zero-order chi connectivity index (χ0) is 16.5. The maximum Gasteiger partial charge on any atom is 2.00 e. The van der Waals surface area contributed by atoms with Gasteiger partial charge in [0, 0.05) is 26.2 Å². The summed E-state index contributed by atoms with van der Waals surface area (Å²) >= 11 is 0. The average Bonchev–Trinajstić information content (AvgIpc) is 2.48. The second-order valence-corrected chi connectivity index (χ2v) is 4.68. The fraction of sp³-hybridized carbons (Fsp3) is 0.714. The molecule has 0 aromatic heterocycles. The van der Waals surface area contributed by atoms with Gasteiger partial charge >= 0.3 is 16.5 Å². The molecule has 18 N–H and O–H groups in total. The molecule has 1 rings (SSSR count). The quantitative estimate of drug-likeness (QED) is 0.165. The minimum Gasteiger partial charge on any atom is -0.545 e. The van der Waals surface area contributed by atoms with Gasteiger partial charge in [0.05, 0.1) is 11.9 Å². The molecule has 14 nitrogen and oxygen atoms in total. The summed E-state index contributed by atoms with van der Waals surface area (Å²) in [5, 5.41) is 32.5. The van der Waals surface area contributed by atoms with Gasteiger partial charge in [-0.25, -0.2) is 0 Å². The number of carbonyl (C=O) groups excluding carboxylic acids is 2. The van der Waals surface area contributed by atoms with Crippen LogP contribution in [-0.4, -0.2) is 86.2 Å². The van der Waals surface area contributed by atoms with Gasteiger partial charge in [-0.05, 0) is 51.2 Å². The van der Waals surface area contributed by atoms with Crippen LogP contribution in [0.15, 0.2) is 12.2 Å². The number of carboxylic acid groups (broad SMARTS) is 2. The number of nitrogens with one attached hydrogen (secondary N) is 4. The van der Waals surface area contributed by atoms with Crippen LogP contribution in [0.5, 0.6) is 0 Å². The normalized spacial score (nSPS) is 14.2. The molecule has 0 atom stereocenters. The first-order chi connectivity index (χ1) is 10.6. The van der Waals surface area contributed by atoms with Gasteiger partial charge in [0.1, 0.15) is 0 Å². The molecule has 0 amide bonds. The van der Waals surface area contributed by atoms with E-state index in [9.17, 15) is 19.8 Å². The monoisotopic (exact) mass is 482 g/mol. The van der Waals surface area contributed by atoms with Crippen LogP contribution in [-0.2, 0) is 37.0 Å². The number of hydrogen-bond donors (Lipinski definition) is 4. The van der Waals surface area contributed by atoms with E-state index in [0.717, 1.165) is 52.4 Å². The van der Waals surface area contributed by atoms with Gasteiger partial charge < -0.3 is 73.9 Å². The van der Waals surface area contributed by atoms with Gasteiger partial charge in [0.15, 0.2) is 0 Å². The first kappa shape index (κ1) is 50.9. The molecule has 0 aromatic rings. The largest absolute Gasteiger partial charge is 2.00 e. The Morgan fingerprint density at radius 2 is 0.759 bits per heavy atom. The maximum absolute atomic E-state index is 9.41. The predicted molar refractivity (Wildman–Crippen MR) is 104 cm³/mol. The summed E-state index contributed by atoms with van der Waals surface area (Å²) in [6, 6.07) is 0. The van der Waals surface area contributed by atoms with Gasteiger partial charge in [-0.3, -0.25) is 0 Å². The van der Waals surface area contributed by atoms with Gasteiger partial charge in [0.2, 0.25) is 0 Å². The maximum atomic E-state index is 9.41. The second-order valence-electron chi connectivity index (χ2n) is 4.68. The van der Waals surface area contributed by atoms with Gasteiger partial charge in [-0.15, -0.1) is 0 Å². The summed E-state index contributed by atoms with van der Waals surface area (Å²) in [6.45, 7) is 8.87. The van der Waals surface area contributed by atoms with Crippen molar-refractivity contribution >= 4 is 11.9 Å². The molecule has 0 aromatic carbocycles. The molecule has 29 heavy (non-hydrogen) atoms. The van der Waals surface area contributed by atoms with E-state index in [1.165, 1.54) is 12.8 Å². The molecule has 15 heteroatoms. The van der Waals surface area contributed by atoms with Gasteiger partial charge in [-0.2, -0.15) is 0 Å². The van der Waals surface area contributed by atoms with Crippen molar-refractivity contribution in [2.45, 2.75) is 12.8 Å². The van der Waals surface area contributed by atoms with E-state index in [1.54, 1.807) is 0 Å². The van der Waals surface area contributed by atoms with E-state index in [1.807, 2.05) is 0 Å². The van der Waals surface area contributed by atoms with Crippen LogP contribution < -0.4 is 31.5 Å². The van der Waals surface area contributed by atoms with Crippen molar-refractivity contribution in [1.82, 2.24) is 21.3 Å². The predicted octanol–water partition coefficient (Wildman–Crippen LogP) is -8.96. The van der Waals surface area contributed by atoms with Crippen LogP contribution in [0.2, 0.25) is 0 Å². The van der Waals surface area contributed by atoms with E-state index < -0.39 is 11.9 Å². The summed E-state index contributed by atoms with van der Waals surface area (Å²) in [5.74, 6) is -3.09. The molecule has 1 aliphatic rings. The third-order valence-electron chi connectivity index (χ3n) is 2.73. The molecule has 1 aliphatic heterocycles. The van der Waals surface area contributed by atoms with Crippen molar-refractivity contribution in [3.05, 3.63) is 12.2 Å². The molecule has 0 spiro atoms. The van der Waals surface area contributed by atoms with Crippen molar-refractivity contribution in [3.8, 4) is 0 Å². The number of aliphatic carboxylic acids is 2. The van der Waals surface area contributed by atoms with E-state index in [0.29, 0.717) is 12.2 Å². The Morgan fingerprint density at radius 3 is 0.931 bits per heavy atom. The first-order valence-electron chi connectivity index (χ1n) is 7.56. The zero-order valence-corrected chi connectivity index (χ0v) is 17.3. The van der Waals surface area contributed by atoms with E-state index in [2.05, 4.69) is 21.3 Å². The number of carboxylic acids is 2. The standard InChI is InChI=1S/C10H24N4.C4H4O4.Ni.6H2O/c1-3-11-7-9-13-5-2-6-14-10-8-12-4-1;5-3(6)1-2-4(7)8;;;;;;;/h11-14H,1-10H2;1-2H,(H,5,6)(H,7,8);;6*1H2/q;;+2;;;;;;/b;2-1+;;;;;;;. The summed E-state index contributed by atoms with van der Waals surface area (Å²) < 4.78 is 0. The zero-order valence-electron chi connectivity index (χ0n) is 16.3. The van der Waals surface area contributed by atoms with Crippen LogP contribution in [0.4, 0.5) is 0 Å². The summed E-state index contributed by atoms with van der Waals surface area (Å²) in [5.41, 5.74) is 0. The van der Waals surface area contributed by atoms with Gasteiger partial charge in [0.25, 0.3) is 0 Å². The van der Waals surface area contributed by atoms with Crippen molar-refractivity contribution in [1.29, 1.82) is 0 Å². The van der Waals surface area contributed by atoms with Crippen LogP contribution in [0, 0.1) is 0 Å². The topological polar surface area (TPSA) is 320 Å². The number of carbonyl (C=O) groups is 2. The molecule has 0 saturated carbocycles. The molecule has 0 bridgehead atoms. The Balaban J connectivity index is -0.0000000443. The Kier molecular flexibility index (Phi) is 72.4. The van der Waals surface area contributed by atoms with Crippen molar-refractivity contribution in [2.75, 3.05) is 52.4 Å². The van der Waals surface area contributed by atoms with Crippen LogP contribution in [0.1, 0.15) is 12.8 Å². The number of rotatable bonds is 2. The summed E-state index contributed by atoms with van der Waals surface area (Å²) in [7, 11) is 0. The number of hydrogen-bond acceptors (Lipinski definition) is 8. The van der Waals surface area contributed by atoms with Crippen molar-refractivity contribution in [3.63, 3.8) is 0 Å². The van der Waals surface area contributed by atoms with Gasteiger partial charge in [-0.1, -0.05) is 0 Å². The third-order valence-corrected chi connectivity index (χ3v) is 2.73. The molecule has 1 fully saturated rings. The summed E-state index contributed by atoms with van der Waals surface area (Å²) in [6.07, 6.45) is 3.21. The molecular formula is C14H40N4NiO10+2. The minimum atomic E-state index is -1.55. The Labute approximate surface area is 180 Å². The molecule has 0 unspecified atom stereocenters. The molecule has 1 saturated heterocycles. The fourth-order valence-electron chi connectivity index (χ4n) is 1.67. The van der Waals surface area contributed by atoms with E-state index in [4.69, 9.17) is 0 Å². The van der Waals surface area contributed by atoms with Crippen LogP contribution in [0.25, 0.3) is 0 Å². The molecule has 184 valence electrons. The van der Waals surface area contributed by atoms with Crippen LogP contribution in [0.3, 0.4) is 0 Å². The van der Waals surface area contributed by atoms with Crippen molar-refractivity contribution in [2.24, 2.45) is 0 Å². The minimum absolute atomic E-state index is 0. The van der Waals surface area contributed by atoms with Crippen molar-refractivity contribution < 1.29 is 69.2 Å². The Hall–Kier alpha value is -1.23. The second kappa shape index (κ2) is 41.2. The average molecular weight is 483 g/mol. The third kappa shape index (κ3) is 52.0. The summed E-state index contributed by atoms with van der Waals surface area (Å²) in [4.78, 5) is 18.8. The van der Waals surface area contributed by atoms with Crippen LogP contribution >= 0.6 is 0 Å². The first-order valence-corrected chi connectivity index (χ1v) is 7.56. The van der Waals surface area contributed by atoms with E-state index in [-0.39, 0.29) is 49.3 Å². The molecule has 1 heterocycles. The smallest absolute Gasteiger partial charge is 0.545 e. The SMILES string of the molecule is C1CNCCNCCCNCCNC1.O.O.O.O.O=C([O-])/C=C/C(=O)[O-].[Ni+2].[OH3+].[OH3+]. The van der Waals surface area contributed by atoms with E-state index >= 15 is 0 Å². The molecule has 0 radical (unpaired) electrons. The Morgan fingerprint density at radius 1 is 0.552 bits per heavy atom. The molecular weight excluding hydrogens is 443 g/mol. The fourth-order valence-corrected chi connectivity index (χ4v) is 1.67. The Bertz CT molecular complexity index is 272.